The molecule has 0 N–H and O–H groups in total. The van der Waals surface area contributed by atoms with Gasteiger partial charge in [-0.3, -0.25) is 4.79 Å². The minimum Gasteiger partial charge on any atom is -0.463 e. The number of carbonyl (C=O) groups is 1. The molecular weight excluding hydrogens is 258 g/mol. The van der Waals surface area contributed by atoms with Gasteiger partial charge in [0.2, 0.25) is 0 Å². The van der Waals surface area contributed by atoms with Crippen LogP contribution in [0.25, 0.3) is 17.0 Å². The Labute approximate surface area is 114 Å². The minimum atomic E-state index is -0.762. The summed E-state index contributed by atoms with van der Waals surface area (Å²) in [5, 5.41) is 9.33. The predicted molar refractivity (Wildman–Crippen MR) is 72.7 cm³/mol. The van der Waals surface area contributed by atoms with Crippen LogP contribution >= 0.6 is 0 Å². The third-order valence-electron chi connectivity index (χ3n) is 2.62. The first-order valence-electron chi connectivity index (χ1n) is 5.96. The van der Waals surface area contributed by atoms with Gasteiger partial charge in [0, 0.05) is 0 Å². The van der Waals surface area contributed by atoms with Gasteiger partial charge in [-0.25, -0.2) is 4.79 Å². The van der Waals surface area contributed by atoms with Crippen molar-refractivity contribution in [2.75, 3.05) is 6.61 Å². The molecule has 0 atom stereocenters. The molecule has 0 amide bonds. The Balaban J connectivity index is 2.53. The number of hydrogen-bond donors (Lipinski definition) is 0. The lowest BCUT2D eigenvalue weighted by Crippen LogP contribution is -2.09. The molecule has 1 aromatic carbocycles. The van der Waals surface area contributed by atoms with Gasteiger partial charge in [0.15, 0.2) is 5.43 Å². The Hall–Kier alpha value is -2.87. The summed E-state index contributed by atoms with van der Waals surface area (Å²) in [6, 6.07) is 8.47. The number of para-hydroxylation sites is 1. The number of benzene rings is 1. The van der Waals surface area contributed by atoms with Gasteiger partial charge >= 0.3 is 5.97 Å². The predicted octanol–water partition coefficient (Wildman–Crippen LogP) is 2.26. The molecule has 1 heterocycles. The lowest BCUT2D eigenvalue weighted by atomic mass is 10.1. The lowest BCUT2D eigenvalue weighted by Gasteiger charge is -2.00. The number of hydrogen-bond acceptors (Lipinski definition) is 5. The van der Waals surface area contributed by atoms with Crippen molar-refractivity contribution in [1.29, 1.82) is 5.26 Å². The highest BCUT2D eigenvalue weighted by atomic mass is 16.5. The number of esters is 1. The molecule has 0 aliphatic heterocycles. The fourth-order valence-corrected chi connectivity index (χ4v) is 1.69. The number of nitriles is 1. The van der Waals surface area contributed by atoms with Crippen LogP contribution in [0.5, 0.6) is 0 Å². The van der Waals surface area contributed by atoms with E-state index in [9.17, 15) is 9.59 Å². The van der Waals surface area contributed by atoms with E-state index in [0.29, 0.717) is 11.0 Å². The number of nitrogens with zero attached hydrogens (tertiary/aromatic N) is 1. The molecule has 1 aromatic heterocycles. The third-order valence-corrected chi connectivity index (χ3v) is 2.62. The van der Waals surface area contributed by atoms with Crippen molar-refractivity contribution in [2.24, 2.45) is 0 Å². The molecule has 0 spiro atoms. The average molecular weight is 269 g/mol. The van der Waals surface area contributed by atoms with Crippen molar-refractivity contribution in [1.82, 2.24) is 0 Å². The second-order valence-corrected chi connectivity index (χ2v) is 3.91. The maximum atomic E-state index is 12.2. The Kier molecular flexibility index (Phi) is 3.96. The van der Waals surface area contributed by atoms with Crippen LogP contribution in [-0.4, -0.2) is 12.6 Å². The zero-order valence-electron chi connectivity index (χ0n) is 10.8. The average Bonchev–Trinajstić information content (AvgIpc) is 2.47. The van der Waals surface area contributed by atoms with E-state index < -0.39 is 5.97 Å². The van der Waals surface area contributed by atoms with Crippen LogP contribution in [0, 0.1) is 11.3 Å². The van der Waals surface area contributed by atoms with Crippen LogP contribution in [0.3, 0.4) is 0 Å². The summed E-state index contributed by atoms with van der Waals surface area (Å²) >= 11 is 0. The Morgan fingerprint density at radius 1 is 1.45 bits per heavy atom. The van der Waals surface area contributed by atoms with Gasteiger partial charge in [0.1, 0.15) is 23.5 Å². The number of ether oxygens (including phenoxy) is 1. The lowest BCUT2D eigenvalue weighted by molar-refractivity contribution is -0.137. The number of carbonyl (C=O) groups excluding carboxylic acids is 1. The van der Waals surface area contributed by atoms with Crippen molar-refractivity contribution in [3.8, 4) is 6.07 Å². The minimum absolute atomic E-state index is 0.133. The molecule has 0 radical (unpaired) electrons. The molecule has 0 unspecified atom stereocenters. The van der Waals surface area contributed by atoms with E-state index in [-0.39, 0.29) is 23.2 Å². The van der Waals surface area contributed by atoms with Crippen molar-refractivity contribution in [3.05, 3.63) is 51.9 Å². The Morgan fingerprint density at radius 2 is 2.20 bits per heavy atom. The maximum Gasteiger partial charge on any atom is 0.348 e. The second kappa shape index (κ2) is 5.85. The Bertz CT molecular complexity index is 780. The molecule has 0 fully saturated rings. The highest BCUT2D eigenvalue weighted by Gasteiger charge is 2.12. The monoisotopic (exact) mass is 269 g/mol. The summed E-state index contributed by atoms with van der Waals surface area (Å²) in [6.45, 7) is 1.79. The summed E-state index contributed by atoms with van der Waals surface area (Å²) in [6.07, 6.45) is 2.40. The first-order chi connectivity index (χ1) is 9.67. The molecular formula is C15H11NO4. The molecule has 5 nitrogen and oxygen atoms in total. The molecule has 0 saturated heterocycles. The van der Waals surface area contributed by atoms with Crippen molar-refractivity contribution < 1.29 is 13.9 Å². The largest absolute Gasteiger partial charge is 0.463 e. The summed E-state index contributed by atoms with van der Waals surface area (Å²) in [7, 11) is 0. The van der Waals surface area contributed by atoms with Crippen LogP contribution in [0.2, 0.25) is 0 Å². The molecule has 2 aromatic rings. The second-order valence-electron chi connectivity index (χ2n) is 3.91. The molecule has 0 aliphatic rings. The van der Waals surface area contributed by atoms with Gasteiger partial charge in [-0.1, -0.05) is 12.1 Å². The van der Waals surface area contributed by atoms with Crippen molar-refractivity contribution in [2.45, 2.75) is 6.92 Å². The fourth-order valence-electron chi connectivity index (χ4n) is 1.69. The van der Waals surface area contributed by atoms with Gasteiger partial charge in [-0.15, -0.1) is 0 Å². The van der Waals surface area contributed by atoms with E-state index in [1.165, 1.54) is 12.3 Å². The van der Waals surface area contributed by atoms with Gasteiger partial charge in [-0.05, 0) is 25.1 Å². The van der Waals surface area contributed by atoms with Crippen molar-refractivity contribution >= 4 is 23.0 Å². The van der Waals surface area contributed by atoms with Crippen molar-refractivity contribution in [3.63, 3.8) is 0 Å². The SMILES string of the molecule is CCOC(=O)/C(C#N)=C\c1coc2ccccc2c1=O. The zero-order chi connectivity index (χ0) is 14.5. The van der Waals surface area contributed by atoms with Crippen LogP contribution in [0.4, 0.5) is 0 Å². The molecule has 100 valence electrons. The molecule has 5 heteroatoms. The smallest absolute Gasteiger partial charge is 0.348 e. The third kappa shape index (κ3) is 2.59. The van der Waals surface area contributed by atoms with E-state index in [0.717, 1.165) is 0 Å². The zero-order valence-corrected chi connectivity index (χ0v) is 10.8. The number of rotatable bonds is 3. The first-order valence-corrected chi connectivity index (χ1v) is 5.96. The Morgan fingerprint density at radius 3 is 2.90 bits per heavy atom. The highest BCUT2D eigenvalue weighted by Crippen LogP contribution is 2.12. The van der Waals surface area contributed by atoms with E-state index >= 15 is 0 Å². The highest BCUT2D eigenvalue weighted by molar-refractivity contribution is 5.98. The quantitative estimate of drug-likeness (QED) is 0.485. The summed E-state index contributed by atoms with van der Waals surface area (Å²) in [4.78, 5) is 23.7. The van der Waals surface area contributed by atoms with E-state index in [1.807, 2.05) is 0 Å². The van der Waals surface area contributed by atoms with Crippen LogP contribution in [0.15, 0.2) is 45.3 Å². The molecule has 0 aliphatic carbocycles. The van der Waals surface area contributed by atoms with Crippen LogP contribution < -0.4 is 5.43 Å². The summed E-state index contributed by atoms with van der Waals surface area (Å²) < 4.78 is 10.0. The maximum absolute atomic E-state index is 12.2. The van der Waals surface area contributed by atoms with Gasteiger partial charge in [0.25, 0.3) is 0 Å². The molecule has 0 saturated carbocycles. The molecule has 2 rings (SSSR count). The fraction of sp³-hybridized carbons (Fsp3) is 0.133. The topological polar surface area (TPSA) is 80.3 Å². The van der Waals surface area contributed by atoms with Gasteiger partial charge in [-0.2, -0.15) is 5.26 Å². The van der Waals surface area contributed by atoms with E-state index in [4.69, 9.17) is 14.4 Å². The molecule has 0 bridgehead atoms. The standard InChI is InChI=1S/C15H11NO4/c1-2-19-15(18)10(8-16)7-11-9-20-13-6-4-3-5-12(13)14(11)17/h3-7,9H,2H2,1H3/b10-7-. The van der Waals surface area contributed by atoms with Crippen LogP contribution in [-0.2, 0) is 9.53 Å². The van der Waals surface area contributed by atoms with Gasteiger partial charge < -0.3 is 9.15 Å². The normalized spacial score (nSPS) is 11.1. The van der Waals surface area contributed by atoms with E-state index in [2.05, 4.69) is 0 Å². The summed E-state index contributed by atoms with van der Waals surface area (Å²) in [5.74, 6) is -0.762. The van der Waals surface area contributed by atoms with Crippen LogP contribution in [0.1, 0.15) is 12.5 Å². The molecule has 20 heavy (non-hydrogen) atoms. The summed E-state index contributed by atoms with van der Waals surface area (Å²) in [5.41, 5.74) is 0.0379. The number of fused-ring (bicyclic) bond motifs is 1. The first kappa shape index (κ1) is 13.6. The van der Waals surface area contributed by atoms with Gasteiger partial charge in [0.05, 0.1) is 17.6 Å². The van der Waals surface area contributed by atoms with E-state index in [1.54, 1.807) is 37.3 Å².